The smallest absolute Gasteiger partial charge is 0.312 e. The maximum absolute atomic E-state index is 13.5. The fourth-order valence-corrected chi connectivity index (χ4v) is 6.19. The van der Waals surface area contributed by atoms with E-state index in [9.17, 15) is 28.8 Å². The van der Waals surface area contributed by atoms with Crippen LogP contribution in [0.4, 0.5) is 10.5 Å². The zero-order valence-corrected chi connectivity index (χ0v) is 34.9. The zero-order valence-electron chi connectivity index (χ0n) is 34.9. The van der Waals surface area contributed by atoms with Crippen molar-refractivity contribution in [2.45, 2.75) is 114 Å². The molecule has 1 aromatic rings. The van der Waals surface area contributed by atoms with Crippen LogP contribution in [0.2, 0.25) is 0 Å². The van der Waals surface area contributed by atoms with Gasteiger partial charge in [0.1, 0.15) is 12.1 Å². The van der Waals surface area contributed by atoms with E-state index in [0.29, 0.717) is 23.3 Å². The number of carbonyl (C=O) groups excluding carboxylic acids is 6. The summed E-state index contributed by atoms with van der Waals surface area (Å²) in [6.07, 6.45) is 1.44. The highest BCUT2D eigenvalue weighted by molar-refractivity contribution is 6.20. The molecule has 2 rings (SSSR count). The van der Waals surface area contributed by atoms with Crippen LogP contribution in [0.3, 0.4) is 0 Å². The molecule has 55 heavy (non-hydrogen) atoms. The van der Waals surface area contributed by atoms with Gasteiger partial charge in [0, 0.05) is 29.8 Å². The van der Waals surface area contributed by atoms with Gasteiger partial charge in [-0.05, 0) is 59.1 Å². The third-order valence-electron chi connectivity index (χ3n) is 8.80. The van der Waals surface area contributed by atoms with Crippen molar-refractivity contribution in [1.29, 1.82) is 0 Å². The van der Waals surface area contributed by atoms with Gasteiger partial charge < -0.3 is 36.5 Å². The second-order valence-corrected chi connectivity index (χ2v) is 17.7. The summed E-state index contributed by atoms with van der Waals surface area (Å²) < 4.78 is 11.2. The lowest BCUT2D eigenvalue weighted by Gasteiger charge is -2.25. The number of amides is 7. The predicted octanol–water partition coefficient (Wildman–Crippen LogP) is 4.47. The number of rotatable bonds is 20. The van der Waals surface area contributed by atoms with E-state index < -0.39 is 46.7 Å². The molecule has 7 amide bonds. The van der Waals surface area contributed by atoms with Crippen LogP contribution in [0, 0.1) is 22.2 Å². The Hall–Kier alpha value is -4.30. The monoisotopic (exact) mass is 770 g/mol. The maximum atomic E-state index is 13.5. The molecule has 0 saturated carbocycles. The van der Waals surface area contributed by atoms with E-state index >= 15 is 0 Å². The number of nitrogens with one attached hydrogen (secondary N) is 4. The molecule has 1 aromatic carbocycles. The van der Waals surface area contributed by atoms with Gasteiger partial charge in [0.25, 0.3) is 11.8 Å². The molecule has 0 saturated heterocycles. The first kappa shape index (κ1) is 46.9. The van der Waals surface area contributed by atoms with Crippen LogP contribution in [-0.2, 0) is 39.9 Å². The quantitative estimate of drug-likeness (QED) is 0.0946. The molecule has 6 N–H and O–H groups in total. The number of primary amides is 1. The van der Waals surface area contributed by atoms with E-state index in [1.54, 1.807) is 13.8 Å². The number of nitrogens with zero attached hydrogens (tertiary/aromatic N) is 1. The lowest BCUT2D eigenvalue weighted by Crippen LogP contribution is -2.54. The Morgan fingerprint density at radius 2 is 1.31 bits per heavy atom. The van der Waals surface area contributed by atoms with Gasteiger partial charge in [0.05, 0.1) is 33.0 Å². The van der Waals surface area contributed by atoms with Crippen LogP contribution >= 0.6 is 0 Å². The highest BCUT2D eigenvalue weighted by Crippen LogP contribution is 2.42. The van der Waals surface area contributed by atoms with Crippen molar-refractivity contribution >= 4 is 41.3 Å². The summed E-state index contributed by atoms with van der Waals surface area (Å²) in [5.74, 6) is -2.21. The number of hydrogen-bond donors (Lipinski definition) is 5. The minimum atomic E-state index is -0.947. The number of carbonyl (C=O) groups is 6. The number of hydrogen-bond acceptors (Lipinski definition) is 8. The van der Waals surface area contributed by atoms with Gasteiger partial charge in [-0.1, -0.05) is 88.3 Å². The first-order valence-electron chi connectivity index (χ1n) is 19.2. The summed E-state index contributed by atoms with van der Waals surface area (Å²) in [4.78, 5) is 78.4. The van der Waals surface area contributed by atoms with Gasteiger partial charge in [-0.25, -0.2) is 4.79 Å². The van der Waals surface area contributed by atoms with E-state index in [1.165, 1.54) is 4.90 Å². The summed E-state index contributed by atoms with van der Waals surface area (Å²) in [6, 6.07) is 4.99. The number of anilines is 1. The van der Waals surface area contributed by atoms with Crippen LogP contribution < -0.4 is 27.0 Å². The van der Waals surface area contributed by atoms with Gasteiger partial charge in [-0.3, -0.25) is 28.9 Å². The minimum Gasteiger partial charge on any atom is -0.379 e. The van der Waals surface area contributed by atoms with Crippen molar-refractivity contribution in [2.24, 2.45) is 27.9 Å². The molecule has 0 fully saturated rings. The largest absolute Gasteiger partial charge is 0.379 e. The average Bonchev–Trinajstić information content (AvgIpc) is 3.32. The van der Waals surface area contributed by atoms with Crippen molar-refractivity contribution in [3.63, 3.8) is 0 Å². The molecule has 0 aliphatic carbocycles. The highest BCUT2D eigenvalue weighted by atomic mass is 16.5. The molecular weight excluding hydrogens is 704 g/mol. The van der Waals surface area contributed by atoms with Crippen molar-refractivity contribution in [3.05, 3.63) is 41.0 Å². The van der Waals surface area contributed by atoms with Crippen molar-refractivity contribution in [3.8, 4) is 0 Å². The fraction of sp³-hybridized carbons (Fsp3) is 0.659. The van der Waals surface area contributed by atoms with Crippen molar-refractivity contribution in [2.75, 3.05) is 44.8 Å². The lowest BCUT2D eigenvalue weighted by atomic mass is 9.76. The first-order valence-corrected chi connectivity index (χ1v) is 19.2. The third kappa shape index (κ3) is 15.8. The summed E-state index contributed by atoms with van der Waals surface area (Å²) in [7, 11) is 0. The Balaban J connectivity index is 1.86. The van der Waals surface area contributed by atoms with Crippen LogP contribution in [0.5, 0.6) is 0 Å². The van der Waals surface area contributed by atoms with Crippen molar-refractivity contribution < 1.29 is 38.2 Å². The second-order valence-electron chi connectivity index (χ2n) is 17.7. The zero-order chi connectivity index (χ0) is 41.7. The third-order valence-corrected chi connectivity index (χ3v) is 8.80. The Morgan fingerprint density at radius 3 is 1.80 bits per heavy atom. The van der Waals surface area contributed by atoms with Gasteiger partial charge >= 0.3 is 6.03 Å². The Labute approximate surface area is 327 Å². The molecule has 2 atom stereocenters. The lowest BCUT2D eigenvalue weighted by molar-refractivity contribution is -0.139. The molecule has 14 heteroatoms. The van der Waals surface area contributed by atoms with E-state index in [0.717, 1.165) is 12.0 Å². The van der Waals surface area contributed by atoms with E-state index in [4.69, 9.17) is 15.2 Å². The number of urea groups is 1. The van der Waals surface area contributed by atoms with E-state index in [2.05, 4.69) is 42.0 Å². The number of benzene rings is 1. The SMILES string of the molecule is CC(C)[C@H](NC(=O)CCOCCOCCN1C(=O)C(C(C)(C)C)=C(C(C)(C)C)C1=O)C(=O)N[C@@H](CCCNC(N)=O)C(=O)Nc1ccc(CC(C)(C)C)cc1. The van der Waals surface area contributed by atoms with Crippen LogP contribution in [0.25, 0.3) is 0 Å². The Morgan fingerprint density at radius 1 is 0.764 bits per heavy atom. The second kappa shape index (κ2) is 20.6. The van der Waals surface area contributed by atoms with Crippen molar-refractivity contribution in [1.82, 2.24) is 20.9 Å². The summed E-state index contributed by atoms with van der Waals surface area (Å²) in [5.41, 5.74) is 7.12. The molecule has 0 radical (unpaired) electrons. The Bertz CT molecular complexity index is 1500. The molecule has 308 valence electrons. The first-order chi connectivity index (χ1) is 25.4. The van der Waals surface area contributed by atoms with Crippen LogP contribution in [0.1, 0.15) is 101 Å². The Kier molecular flexibility index (Phi) is 17.5. The summed E-state index contributed by atoms with van der Waals surface area (Å²) in [5, 5.41) is 10.9. The predicted molar refractivity (Wildman–Crippen MR) is 213 cm³/mol. The molecule has 0 spiro atoms. The van der Waals surface area contributed by atoms with E-state index in [1.807, 2.05) is 65.8 Å². The van der Waals surface area contributed by atoms with Crippen LogP contribution in [0.15, 0.2) is 35.4 Å². The fourth-order valence-electron chi connectivity index (χ4n) is 6.19. The van der Waals surface area contributed by atoms with Gasteiger partial charge in [0.15, 0.2) is 0 Å². The number of imide groups is 1. The highest BCUT2D eigenvalue weighted by Gasteiger charge is 2.46. The van der Waals surface area contributed by atoms with Gasteiger partial charge in [-0.2, -0.15) is 0 Å². The molecule has 0 aromatic heterocycles. The molecule has 1 aliphatic rings. The topological polar surface area (TPSA) is 198 Å². The van der Waals surface area contributed by atoms with Gasteiger partial charge in [-0.15, -0.1) is 0 Å². The van der Waals surface area contributed by atoms with E-state index in [-0.39, 0.29) is 75.5 Å². The number of nitrogens with two attached hydrogens (primary N) is 1. The molecule has 0 unspecified atom stereocenters. The molecule has 0 bridgehead atoms. The minimum absolute atomic E-state index is 0.0159. The normalized spacial score (nSPS) is 14.9. The maximum Gasteiger partial charge on any atom is 0.312 e. The average molecular weight is 771 g/mol. The molecule has 1 heterocycles. The molecule has 1 aliphatic heterocycles. The molecule has 14 nitrogen and oxygen atoms in total. The number of ether oxygens (including phenoxy) is 2. The molecular formula is C41H66N6O8. The van der Waals surface area contributed by atoms with Gasteiger partial charge in [0.2, 0.25) is 17.7 Å². The van der Waals surface area contributed by atoms with Crippen LogP contribution in [-0.4, -0.2) is 92.1 Å². The summed E-state index contributed by atoms with van der Waals surface area (Å²) >= 11 is 0. The summed E-state index contributed by atoms with van der Waals surface area (Å²) in [6.45, 7) is 22.5. The standard InChI is InChI=1S/C41H66N6O8/c1-26(2)33(35(50)45-29(13-12-19-43-38(42)53)34(49)44-28-16-14-27(15-17-28)25-39(3,4)5)46-30(48)18-21-54-23-24-55-22-20-47-36(51)31(40(6,7)8)32(37(47)52)41(9,10)11/h14-17,26,29,33H,12-13,18-25H2,1-11H3,(H,44,49)(H,45,50)(H,46,48)(H3,42,43,53)/t29-,33-/m0/s1.